The van der Waals surface area contributed by atoms with Crippen LogP contribution in [0, 0.1) is 18.7 Å². The number of halogens is 1. The Morgan fingerprint density at radius 3 is 2.51 bits per heavy atom. The molecule has 0 unspecified atom stereocenters. The first-order valence-corrected chi connectivity index (χ1v) is 11.0. The number of carbonyl (C=O) groups is 2. The zero-order valence-electron chi connectivity index (χ0n) is 20.0. The molecule has 10 nitrogen and oxygen atoms in total. The number of aryl methyl sites for hydroxylation is 1. The van der Waals surface area contributed by atoms with Crippen molar-refractivity contribution in [2.45, 2.75) is 26.7 Å². The molecular weight excluding hydrogens is 455 g/mol. The van der Waals surface area contributed by atoms with Crippen molar-refractivity contribution in [3.8, 4) is 16.9 Å². The Morgan fingerprint density at radius 2 is 1.97 bits per heavy atom. The number of ether oxygens (including phenoxy) is 1. The Morgan fingerprint density at radius 1 is 1.29 bits per heavy atom. The predicted octanol–water partition coefficient (Wildman–Crippen LogP) is 2.60. The van der Waals surface area contributed by atoms with Gasteiger partial charge in [0.25, 0.3) is 5.91 Å². The number of carboxylic acid groups (broad SMARTS) is 1. The Bertz CT molecular complexity index is 1210. The van der Waals surface area contributed by atoms with Gasteiger partial charge in [-0.2, -0.15) is 0 Å². The molecule has 0 atom stereocenters. The lowest BCUT2D eigenvalue weighted by atomic mass is 9.99. The molecule has 0 bridgehead atoms. The van der Waals surface area contributed by atoms with E-state index >= 15 is 0 Å². The maximum absolute atomic E-state index is 14.3. The molecule has 11 heteroatoms. The van der Waals surface area contributed by atoms with E-state index in [0.717, 1.165) is 17.5 Å². The van der Waals surface area contributed by atoms with Crippen LogP contribution in [-0.2, 0) is 4.79 Å². The number of hydrogen-bond donors (Lipinski definition) is 6. The number of likely N-dealkylation sites (N-methyl/N-ethyl adjacent to an activating group) is 1. The molecule has 1 aromatic carbocycles. The molecule has 1 fully saturated rings. The molecule has 4 rings (SSSR count). The van der Waals surface area contributed by atoms with Crippen molar-refractivity contribution in [2.75, 3.05) is 19.5 Å². The third-order valence-corrected chi connectivity index (χ3v) is 5.39. The van der Waals surface area contributed by atoms with E-state index < -0.39 is 17.5 Å². The van der Waals surface area contributed by atoms with Gasteiger partial charge in [0.2, 0.25) is 0 Å². The minimum atomic E-state index is -1.46. The van der Waals surface area contributed by atoms with Crippen LogP contribution in [0.2, 0.25) is 0 Å². The summed E-state index contributed by atoms with van der Waals surface area (Å²) in [6.07, 6.45) is 5.77. The van der Waals surface area contributed by atoms with E-state index in [0.29, 0.717) is 28.3 Å². The van der Waals surface area contributed by atoms with Crippen LogP contribution in [0.1, 0.15) is 35.8 Å². The van der Waals surface area contributed by atoms with Crippen molar-refractivity contribution < 1.29 is 23.8 Å². The smallest absolute Gasteiger partial charge is 0.357 e. The summed E-state index contributed by atoms with van der Waals surface area (Å²) in [4.78, 5) is 27.0. The van der Waals surface area contributed by atoms with Gasteiger partial charge >= 0.3 is 5.97 Å². The minimum Gasteiger partial charge on any atom is -0.494 e. The van der Waals surface area contributed by atoms with Crippen LogP contribution in [0.3, 0.4) is 0 Å². The van der Waals surface area contributed by atoms with Gasteiger partial charge in [-0.3, -0.25) is 15.6 Å². The van der Waals surface area contributed by atoms with Crippen LogP contribution < -0.4 is 32.0 Å². The number of carboxylic acids is 1. The number of carbonyl (C=O) groups excluding carboxylic acids is 1. The molecule has 1 aromatic heterocycles. The highest BCUT2D eigenvalue weighted by molar-refractivity contribution is 5.95. The minimum absolute atomic E-state index is 0.194. The fraction of sp³-hybridized carbons (Fsp3) is 0.292. The number of aromatic carboxylic acids is 1. The molecule has 186 valence electrons. The number of nitrogens with two attached hydrogens (primary N) is 1. The van der Waals surface area contributed by atoms with E-state index in [9.17, 15) is 14.0 Å². The van der Waals surface area contributed by atoms with E-state index in [1.54, 1.807) is 19.1 Å². The summed E-state index contributed by atoms with van der Waals surface area (Å²) in [5, 5.41) is 14.6. The van der Waals surface area contributed by atoms with Gasteiger partial charge in [-0.15, -0.1) is 0 Å². The SMILES string of the molecule is CC1CC1.CNC(=O)C1=C(Nc2ccc(C)c(-c3cnc(C(=O)O)c(F)c3)c2OC)C=C(N)NN1. The molecular formula is C24H29FN6O4. The number of hydrazine groups is 1. The normalized spacial score (nSPS) is 14.5. The van der Waals surface area contributed by atoms with Gasteiger partial charge in [-0.25, -0.2) is 14.2 Å². The molecule has 2 aromatic rings. The van der Waals surface area contributed by atoms with Gasteiger partial charge in [0.05, 0.1) is 18.5 Å². The third kappa shape index (κ3) is 5.99. The molecule has 0 spiro atoms. The van der Waals surface area contributed by atoms with E-state index in [4.69, 9.17) is 15.6 Å². The molecule has 35 heavy (non-hydrogen) atoms. The summed E-state index contributed by atoms with van der Waals surface area (Å²) in [5.41, 5.74) is 13.1. The summed E-state index contributed by atoms with van der Waals surface area (Å²) in [6, 6.07) is 4.59. The summed E-state index contributed by atoms with van der Waals surface area (Å²) in [7, 11) is 2.93. The van der Waals surface area contributed by atoms with Crippen molar-refractivity contribution in [2.24, 2.45) is 11.7 Å². The summed E-state index contributed by atoms with van der Waals surface area (Å²) in [5.74, 6) is -1.11. The molecule has 2 heterocycles. The Labute approximate surface area is 202 Å². The first-order chi connectivity index (χ1) is 16.7. The lowest BCUT2D eigenvalue weighted by Gasteiger charge is -2.23. The van der Waals surface area contributed by atoms with Crippen LogP contribution in [0.25, 0.3) is 11.1 Å². The fourth-order valence-electron chi connectivity index (χ4n) is 3.26. The first kappa shape index (κ1) is 25.3. The lowest BCUT2D eigenvalue weighted by Crippen LogP contribution is -2.43. The van der Waals surface area contributed by atoms with Gasteiger partial charge in [-0.05, 0) is 30.5 Å². The predicted molar refractivity (Wildman–Crippen MR) is 130 cm³/mol. The van der Waals surface area contributed by atoms with Crippen molar-refractivity contribution in [3.05, 3.63) is 64.8 Å². The van der Waals surface area contributed by atoms with Gasteiger partial charge < -0.3 is 26.2 Å². The Balaban J connectivity index is 0.000000775. The number of allylic oxidation sites excluding steroid dienone is 1. The highest BCUT2D eigenvalue weighted by atomic mass is 19.1. The van der Waals surface area contributed by atoms with Gasteiger partial charge in [-0.1, -0.05) is 25.8 Å². The van der Waals surface area contributed by atoms with Gasteiger partial charge in [0.1, 0.15) is 17.3 Å². The number of hydrogen-bond acceptors (Lipinski definition) is 8. The van der Waals surface area contributed by atoms with E-state index in [1.165, 1.54) is 39.3 Å². The van der Waals surface area contributed by atoms with E-state index in [1.807, 2.05) is 0 Å². The second-order valence-electron chi connectivity index (χ2n) is 8.22. The zero-order valence-corrected chi connectivity index (χ0v) is 20.0. The molecule has 1 amide bonds. The second-order valence-corrected chi connectivity index (χ2v) is 8.22. The molecule has 1 saturated carbocycles. The van der Waals surface area contributed by atoms with Gasteiger partial charge in [0.15, 0.2) is 11.5 Å². The number of anilines is 1. The molecule has 1 aliphatic heterocycles. The van der Waals surface area contributed by atoms with Crippen LogP contribution in [0.15, 0.2) is 47.7 Å². The molecule has 0 radical (unpaired) electrons. The average molecular weight is 485 g/mol. The molecule has 7 N–H and O–H groups in total. The standard InChI is InChI=1S/C20H21FN6O4.C4H8/c1-9-4-5-12(25-13-7-14(22)26-27-17(13)19(28)23-2)18(31-3)15(9)10-6-11(21)16(20(29)30)24-8-10;1-4-2-3-4/h4-8,25-27H,22H2,1-3H3,(H,23,28)(H,29,30);4H,2-3H2,1H3. The quantitative estimate of drug-likeness (QED) is 0.363. The topological polar surface area (TPSA) is 151 Å². The number of benzene rings is 1. The molecule has 1 aliphatic carbocycles. The fourth-order valence-corrected chi connectivity index (χ4v) is 3.26. The monoisotopic (exact) mass is 484 g/mol. The number of methoxy groups -OCH3 is 1. The molecule has 0 saturated heterocycles. The third-order valence-electron chi connectivity index (χ3n) is 5.39. The number of amides is 1. The zero-order chi connectivity index (χ0) is 25.7. The van der Waals surface area contributed by atoms with Crippen molar-refractivity contribution in [1.82, 2.24) is 21.2 Å². The molecule has 2 aliphatic rings. The average Bonchev–Trinajstić information content (AvgIpc) is 3.61. The maximum atomic E-state index is 14.3. The van der Waals surface area contributed by atoms with Crippen molar-refractivity contribution >= 4 is 17.6 Å². The second kappa shape index (κ2) is 10.8. The Kier molecular flexibility index (Phi) is 7.80. The van der Waals surface area contributed by atoms with Crippen LogP contribution >= 0.6 is 0 Å². The van der Waals surface area contributed by atoms with Crippen LogP contribution in [-0.4, -0.2) is 36.1 Å². The Hall–Kier alpha value is -4.28. The van der Waals surface area contributed by atoms with Crippen molar-refractivity contribution in [1.29, 1.82) is 0 Å². The van der Waals surface area contributed by atoms with E-state index in [2.05, 4.69) is 33.4 Å². The number of pyridine rings is 1. The summed E-state index contributed by atoms with van der Waals surface area (Å²) in [6.45, 7) is 4.07. The number of nitrogens with one attached hydrogen (secondary N) is 4. The summed E-state index contributed by atoms with van der Waals surface area (Å²) < 4.78 is 19.8. The highest BCUT2D eigenvalue weighted by Crippen LogP contribution is 2.40. The van der Waals surface area contributed by atoms with Gasteiger partial charge in [0, 0.05) is 30.4 Å². The lowest BCUT2D eigenvalue weighted by molar-refractivity contribution is -0.117. The van der Waals surface area contributed by atoms with Crippen LogP contribution in [0.5, 0.6) is 5.75 Å². The number of aromatic nitrogens is 1. The van der Waals surface area contributed by atoms with Crippen molar-refractivity contribution in [3.63, 3.8) is 0 Å². The number of nitrogens with zero attached hydrogens (tertiary/aromatic N) is 1. The first-order valence-electron chi connectivity index (χ1n) is 11.0. The largest absolute Gasteiger partial charge is 0.494 e. The van der Waals surface area contributed by atoms with Crippen LogP contribution in [0.4, 0.5) is 10.1 Å². The van der Waals surface area contributed by atoms with E-state index in [-0.39, 0.29) is 17.4 Å². The number of rotatable bonds is 6. The maximum Gasteiger partial charge on any atom is 0.357 e. The summed E-state index contributed by atoms with van der Waals surface area (Å²) >= 11 is 0. The highest BCUT2D eigenvalue weighted by Gasteiger charge is 2.22.